The second-order valence-corrected chi connectivity index (χ2v) is 6.05. The van der Waals surface area contributed by atoms with Crippen LogP contribution in [0.5, 0.6) is 0 Å². The molecule has 1 N–H and O–H groups in total. The lowest BCUT2D eigenvalue weighted by molar-refractivity contribution is 0.560. The smallest absolute Gasteiger partial charge is 0.179 e. The lowest BCUT2D eigenvalue weighted by atomic mass is 10.3. The van der Waals surface area contributed by atoms with Crippen molar-refractivity contribution in [1.82, 2.24) is 5.32 Å². The summed E-state index contributed by atoms with van der Waals surface area (Å²) < 4.78 is 28.8. The molecule has 0 saturated heterocycles. The molecular formula is C13H15NO3S. The Hall–Kier alpha value is -1.59. The molecule has 0 radical (unpaired) electrons. The quantitative estimate of drug-likeness (QED) is 0.810. The van der Waals surface area contributed by atoms with Crippen molar-refractivity contribution in [2.24, 2.45) is 0 Å². The van der Waals surface area contributed by atoms with Gasteiger partial charge in [-0.05, 0) is 18.2 Å². The predicted octanol–water partition coefficient (Wildman–Crippen LogP) is 1.84. The third-order valence-electron chi connectivity index (χ3n) is 2.56. The van der Waals surface area contributed by atoms with Crippen LogP contribution in [0.1, 0.15) is 5.56 Å². The summed E-state index contributed by atoms with van der Waals surface area (Å²) in [6.07, 6.45) is 3.23. The van der Waals surface area contributed by atoms with Gasteiger partial charge in [0.05, 0.1) is 23.2 Å². The molecule has 1 aromatic carbocycles. The van der Waals surface area contributed by atoms with Crippen LogP contribution in [0.3, 0.4) is 0 Å². The molecule has 0 aliphatic heterocycles. The van der Waals surface area contributed by atoms with Crippen molar-refractivity contribution < 1.29 is 12.8 Å². The van der Waals surface area contributed by atoms with E-state index in [4.69, 9.17) is 4.42 Å². The molecule has 18 heavy (non-hydrogen) atoms. The summed E-state index contributed by atoms with van der Waals surface area (Å²) in [4.78, 5) is 0.370. The first kappa shape index (κ1) is 12.9. The Morgan fingerprint density at radius 2 is 1.89 bits per heavy atom. The molecule has 5 heteroatoms. The number of nitrogens with one attached hydrogen (secondary N) is 1. The second-order valence-electron chi connectivity index (χ2n) is 3.94. The average molecular weight is 265 g/mol. The molecular weight excluding hydrogens is 250 g/mol. The Morgan fingerprint density at radius 3 is 2.56 bits per heavy atom. The van der Waals surface area contributed by atoms with E-state index in [0.717, 1.165) is 5.56 Å². The highest BCUT2D eigenvalue weighted by Gasteiger charge is 2.12. The van der Waals surface area contributed by atoms with Crippen molar-refractivity contribution in [3.8, 4) is 0 Å². The van der Waals surface area contributed by atoms with Gasteiger partial charge in [-0.2, -0.15) is 0 Å². The summed E-state index contributed by atoms with van der Waals surface area (Å²) in [7, 11) is -3.19. The fourth-order valence-corrected chi connectivity index (χ4v) is 2.80. The third kappa shape index (κ3) is 3.45. The van der Waals surface area contributed by atoms with Crippen LogP contribution in [0.15, 0.2) is 58.2 Å². The lowest BCUT2D eigenvalue weighted by Gasteiger charge is -2.05. The van der Waals surface area contributed by atoms with Gasteiger partial charge in [0.2, 0.25) is 0 Å². The topological polar surface area (TPSA) is 59.3 Å². The number of sulfone groups is 1. The Labute approximate surface area is 107 Å². The highest BCUT2D eigenvalue weighted by molar-refractivity contribution is 7.91. The van der Waals surface area contributed by atoms with E-state index in [-0.39, 0.29) is 5.75 Å². The van der Waals surface area contributed by atoms with Gasteiger partial charge in [0, 0.05) is 18.7 Å². The summed E-state index contributed by atoms with van der Waals surface area (Å²) >= 11 is 0. The number of hydrogen-bond donors (Lipinski definition) is 1. The van der Waals surface area contributed by atoms with E-state index in [1.165, 1.54) is 0 Å². The van der Waals surface area contributed by atoms with Gasteiger partial charge in [-0.1, -0.05) is 18.2 Å². The van der Waals surface area contributed by atoms with E-state index >= 15 is 0 Å². The fourth-order valence-electron chi connectivity index (χ4n) is 1.58. The van der Waals surface area contributed by atoms with Gasteiger partial charge < -0.3 is 9.73 Å². The van der Waals surface area contributed by atoms with Crippen LogP contribution in [0.2, 0.25) is 0 Å². The highest BCUT2D eigenvalue weighted by Crippen LogP contribution is 2.09. The van der Waals surface area contributed by atoms with Gasteiger partial charge in [0.1, 0.15) is 0 Å². The van der Waals surface area contributed by atoms with Gasteiger partial charge >= 0.3 is 0 Å². The monoisotopic (exact) mass is 265 g/mol. The van der Waals surface area contributed by atoms with E-state index in [1.807, 2.05) is 6.07 Å². The molecule has 0 aliphatic rings. The highest BCUT2D eigenvalue weighted by atomic mass is 32.2. The molecule has 0 saturated carbocycles. The molecule has 1 heterocycles. The first-order valence-corrected chi connectivity index (χ1v) is 7.33. The number of benzene rings is 1. The van der Waals surface area contributed by atoms with Crippen molar-refractivity contribution in [1.29, 1.82) is 0 Å². The number of hydrogen-bond acceptors (Lipinski definition) is 4. The molecule has 0 fully saturated rings. The van der Waals surface area contributed by atoms with Crippen molar-refractivity contribution in [3.63, 3.8) is 0 Å². The zero-order valence-electron chi connectivity index (χ0n) is 9.87. The van der Waals surface area contributed by atoms with Crippen LogP contribution in [0.4, 0.5) is 0 Å². The maximum Gasteiger partial charge on any atom is 0.179 e. The minimum absolute atomic E-state index is 0.0921. The Morgan fingerprint density at radius 1 is 1.11 bits per heavy atom. The first-order valence-electron chi connectivity index (χ1n) is 5.68. The van der Waals surface area contributed by atoms with Crippen LogP contribution in [-0.4, -0.2) is 20.7 Å². The van der Waals surface area contributed by atoms with Gasteiger partial charge in [-0.15, -0.1) is 0 Å². The van der Waals surface area contributed by atoms with E-state index in [2.05, 4.69) is 5.32 Å². The Balaban J connectivity index is 1.83. The molecule has 4 nitrogen and oxygen atoms in total. The van der Waals surface area contributed by atoms with Crippen LogP contribution in [0.25, 0.3) is 0 Å². The largest absolute Gasteiger partial charge is 0.472 e. The molecule has 1 aromatic heterocycles. The van der Waals surface area contributed by atoms with Crippen molar-refractivity contribution in [2.45, 2.75) is 11.4 Å². The summed E-state index contributed by atoms with van der Waals surface area (Å²) in [5.41, 5.74) is 1.01. The molecule has 0 bridgehead atoms. The molecule has 0 spiro atoms. The van der Waals surface area contributed by atoms with E-state index in [9.17, 15) is 8.42 Å². The number of furan rings is 1. The molecule has 0 atom stereocenters. The SMILES string of the molecule is O=S(=O)(CCNCc1ccoc1)c1ccccc1. The van der Waals surface area contributed by atoms with E-state index in [1.54, 1.807) is 42.9 Å². The third-order valence-corrected chi connectivity index (χ3v) is 4.29. The summed E-state index contributed by atoms with van der Waals surface area (Å²) in [5, 5.41) is 3.07. The summed E-state index contributed by atoms with van der Waals surface area (Å²) in [6, 6.07) is 10.3. The predicted molar refractivity (Wildman–Crippen MR) is 68.9 cm³/mol. The standard InChI is InChI=1S/C13H15NO3S/c15-18(16,13-4-2-1-3-5-13)9-7-14-10-12-6-8-17-11-12/h1-6,8,11,14H,7,9-10H2. The van der Waals surface area contributed by atoms with Crippen LogP contribution >= 0.6 is 0 Å². The van der Waals surface area contributed by atoms with Gasteiger partial charge in [-0.25, -0.2) is 8.42 Å². The minimum Gasteiger partial charge on any atom is -0.472 e. The van der Waals surface area contributed by atoms with E-state index < -0.39 is 9.84 Å². The summed E-state index contributed by atoms with van der Waals surface area (Å²) in [5.74, 6) is 0.0921. The second kappa shape index (κ2) is 5.84. The lowest BCUT2D eigenvalue weighted by Crippen LogP contribution is -2.22. The van der Waals surface area contributed by atoms with Crippen LogP contribution in [-0.2, 0) is 16.4 Å². The maximum atomic E-state index is 11.9. The molecule has 2 aromatic rings. The van der Waals surface area contributed by atoms with Crippen molar-refractivity contribution in [3.05, 3.63) is 54.5 Å². The van der Waals surface area contributed by atoms with Gasteiger partial charge in [0.15, 0.2) is 9.84 Å². The van der Waals surface area contributed by atoms with E-state index in [0.29, 0.717) is 18.0 Å². The van der Waals surface area contributed by atoms with Crippen LogP contribution < -0.4 is 5.32 Å². The normalized spacial score (nSPS) is 11.6. The van der Waals surface area contributed by atoms with Gasteiger partial charge in [-0.3, -0.25) is 0 Å². The molecule has 2 rings (SSSR count). The fraction of sp³-hybridized carbons (Fsp3) is 0.231. The van der Waals surface area contributed by atoms with Crippen LogP contribution in [0, 0.1) is 0 Å². The zero-order valence-corrected chi connectivity index (χ0v) is 10.7. The van der Waals surface area contributed by atoms with Crippen molar-refractivity contribution >= 4 is 9.84 Å². The Bertz CT molecular complexity index is 562. The molecule has 0 amide bonds. The first-order chi connectivity index (χ1) is 8.68. The molecule has 96 valence electrons. The molecule has 0 aliphatic carbocycles. The molecule has 0 unspecified atom stereocenters. The number of rotatable bonds is 6. The summed E-state index contributed by atoms with van der Waals surface area (Å²) in [6.45, 7) is 1.03. The maximum absolute atomic E-state index is 11.9. The average Bonchev–Trinajstić information content (AvgIpc) is 2.89. The minimum atomic E-state index is -3.19. The van der Waals surface area contributed by atoms with Gasteiger partial charge in [0.25, 0.3) is 0 Å². The zero-order chi connectivity index (χ0) is 12.8. The Kier molecular flexibility index (Phi) is 4.17. The van der Waals surface area contributed by atoms with Crippen molar-refractivity contribution in [2.75, 3.05) is 12.3 Å².